The summed E-state index contributed by atoms with van der Waals surface area (Å²) in [5.74, 6) is -0.0791. The molecule has 0 fully saturated rings. The average Bonchev–Trinajstić information content (AvgIpc) is 2.38. The second kappa shape index (κ2) is 14.5. The summed E-state index contributed by atoms with van der Waals surface area (Å²) in [6.45, 7) is 6.04. The summed E-state index contributed by atoms with van der Waals surface area (Å²) >= 11 is 0. The maximum atomic E-state index is 11.3. The lowest BCUT2D eigenvalue weighted by Crippen LogP contribution is -2.10. The van der Waals surface area contributed by atoms with Gasteiger partial charge in [-0.15, -0.1) is 0 Å². The molecule has 0 saturated carbocycles. The fraction of sp³-hybridized carbons (Fsp3) is 0.933. The molecule has 0 aliphatic carbocycles. The Morgan fingerprint density at radius 3 is 2.17 bits per heavy atom. The van der Waals surface area contributed by atoms with Gasteiger partial charge in [0.15, 0.2) is 0 Å². The van der Waals surface area contributed by atoms with Crippen LogP contribution >= 0.6 is 0 Å². The minimum absolute atomic E-state index is 0.0791. The summed E-state index contributed by atoms with van der Waals surface area (Å²) in [6, 6.07) is 0. The molecule has 0 aromatic heterocycles. The minimum Gasteiger partial charge on any atom is -0.463 e. The van der Waals surface area contributed by atoms with E-state index >= 15 is 0 Å². The molecule has 0 atom stereocenters. The molecule has 0 radical (unpaired) electrons. The molecule has 0 aromatic carbocycles. The lowest BCUT2D eigenvalue weighted by molar-refractivity contribution is -0.145. The van der Waals surface area contributed by atoms with Gasteiger partial charge in [0.05, 0.1) is 6.61 Å². The Hall–Kier alpha value is -0.570. The van der Waals surface area contributed by atoms with Crippen LogP contribution in [0, 0.1) is 0 Å². The monoisotopic (exact) mass is 258 g/mol. The molecule has 0 N–H and O–H groups in total. The summed E-state index contributed by atoms with van der Waals surface area (Å²) < 4.78 is 10.4. The molecule has 0 aliphatic rings. The lowest BCUT2D eigenvalue weighted by Gasteiger charge is -2.05. The highest BCUT2D eigenvalue weighted by Crippen LogP contribution is 2.07. The molecular weight excluding hydrogens is 228 g/mol. The van der Waals surface area contributed by atoms with E-state index in [1.165, 1.54) is 25.7 Å². The second-order valence-electron chi connectivity index (χ2n) is 4.70. The third-order valence-electron chi connectivity index (χ3n) is 2.87. The smallest absolute Gasteiger partial charge is 0.305 e. The molecule has 108 valence electrons. The zero-order valence-electron chi connectivity index (χ0n) is 12.2. The van der Waals surface area contributed by atoms with Crippen molar-refractivity contribution in [3.8, 4) is 0 Å². The minimum atomic E-state index is -0.0791. The number of ether oxygens (including phenoxy) is 2. The van der Waals surface area contributed by atoms with Crippen molar-refractivity contribution in [2.24, 2.45) is 0 Å². The summed E-state index contributed by atoms with van der Waals surface area (Å²) in [5, 5.41) is 0. The van der Waals surface area contributed by atoms with E-state index in [1.807, 2.05) is 0 Å². The SMILES string of the molecule is CCCCCCCCC(=O)OCCOCCCC. The van der Waals surface area contributed by atoms with Crippen LogP contribution in [-0.4, -0.2) is 25.8 Å². The Bertz CT molecular complexity index is 163. The van der Waals surface area contributed by atoms with Crippen LogP contribution < -0.4 is 0 Å². The van der Waals surface area contributed by atoms with E-state index in [4.69, 9.17) is 9.47 Å². The molecule has 0 bridgehead atoms. The van der Waals surface area contributed by atoms with Crippen LogP contribution in [0.15, 0.2) is 0 Å². The van der Waals surface area contributed by atoms with Crippen LogP contribution in [0.4, 0.5) is 0 Å². The topological polar surface area (TPSA) is 35.5 Å². The quantitative estimate of drug-likeness (QED) is 0.368. The molecule has 0 amide bonds. The largest absolute Gasteiger partial charge is 0.463 e. The Morgan fingerprint density at radius 1 is 0.778 bits per heavy atom. The number of carbonyl (C=O) groups excluding carboxylic acids is 1. The highest BCUT2D eigenvalue weighted by Gasteiger charge is 2.02. The van der Waals surface area contributed by atoms with Crippen LogP contribution in [0.25, 0.3) is 0 Å². The van der Waals surface area contributed by atoms with E-state index in [-0.39, 0.29) is 5.97 Å². The highest BCUT2D eigenvalue weighted by molar-refractivity contribution is 5.69. The number of hydrogen-bond donors (Lipinski definition) is 0. The van der Waals surface area contributed by atoms with Crippen molar-refractivity contribution in [1.82, 2.24) is 0 Å². The van der Waals surface area contributed by atoms with E-state index < -0.39 is 0 Å². The first-order valence-corrected chi connectivity index (χ1v) is 7.54. The van der Waals surface area contributed by atoms with E-state index in [0.717, 1.165) is 32.3 Å². The lowest BCUT2D eigenvalue weighted by atomic mass is 10.1. The Morgan fingerprint density at radius 2 is 1.44 bits per heavy atom. The zero-order chi connectivity index (χ0) is 13.5. The molecule has 0 heterocycles. The van der Waals surface area contributed by atoms with E-state index in [9.17, 15) is 4.79 Å². The number of hydrogen-bond acceptors (Lipinski definition) is 3. The number of carbonyl (C=O) groups is 1. The third-order valence-corrected chi connectivity index (χ3v) is 2.87. The predicted molar refractivity (Wildman–Crippen MR) is 74.7 cm³/mol. The maximum absolute atomic E-state index is 11.3. The van der Waals surface area contributed by atoms with Crippen LogP contribution in [0.2, 0.25) is 0 Å². The first-order valence-electron chi connectivity index (χ1n) is 7.54. The summed E-state index contributed by atoms with van der Waals surface area (Å²) in [5.41, 5.74) is 0. The Kier molecular flexibility index (Phi) is 14.0. The first kappa shape index (κ1) is 17.4. The fourth-order valence-electron chi connectivity index (χ4n) is 1.68. The Balaban J connectivity index is 3.12. The van der Waals surface area contributed by atoms with Gasteiger partial charge < -0.3 is 9.47 Å². The summed E-state index contributed by atoms with van der Waals surface area (Å²) in [4.78, 5) is 11.3. The maximum Gasteiger partial charge on any atom is 0.305 e. The van der Waals surface area contributed by atoms with Gasteiger partial charge in [-0.1, -0.05) is 52.4 Å². The number of rotatable bonds is 13. The highest BCUT2D eigenvalue weighted by atomic mass is 16.6. The zero-order valence-corrected chi connectivity index (χ0v) is 12.2. The van der Waals surface area contributed by atoms with Gasteiger partial charge in [-0.25, -0.2) is 0 Å². The molecule has 3 nitrogen and oxygen atoms in total. The van der Waals surface area contributed by atoms with Gasteiger partial charge in [-0.3, -0.25) is 4.79 Å². The van der Waals surface area contributed by atoms with Crippen molar-refractivity contribution in [2.45, 2.75) is 71.6 Å². The van der Waals surface area contributed by atoms with Crippen LogP contribution in [0.5, 0.6) is 0 Å². The second-order valence-corrected chi connectivity index (χ2v) is 4.70. The van der Waals surface area contributed by atoms with Gasteiger partial charge >= 0.3 is 5.97 Å². The number of esters is 1. The van der Waals surface area contributed by atoms with Crippen LogP contribution in [0.1, 0.15) is 71.6 Å². The Labute approximate surface area is 112 Å². The van der Waals surface area contributed by atoms with E-state index in [0.29, 0.717) is 19.6 Å². The molecule has 18 heavy (non-hydrogen) atoms. The van der Waals surface area contributed by atoms with Crippen molar-refractivity contribution in [2.75, 3.05) is 19.8 Å². The van der Waals surface area contributed by atoms with Gasteiger partial charge in [0.2, 0.25) is 0 Å². The molecule has 3 heteroatoms. The fourth-order valence-corrected chi connectivity index (χ4v) is 1.68. The first-order chi connectivity index (χ1) is 8.81. The van der Waals surface area contributed by atoms with E-state index in [2.05, 4.69) is 13.8 Å². The van der Waals surface area contributed by atoms with Crippen molar-refractivity contribution in [3.63, 3.8) is 0 Å². The molecule has 0 aromatic rings. The van der Waals surface area contributed by atoms with E-state index in [1.54, 1.807) is 0 Å². The molecule has 0 saturated heterocycles. The standard InChI is InChI=1S/C15H30O3/c1-3-5-7-8-9-10-11-15(16)18-14-13-17-12-6-4-2/h3-14H2,1-2H3. The summed E-state index contributed by atoms with van der Waals surface area (Å²) in [6.07, 6.45) is 9.96. The van der Waals surface area contributed by atoms with Crippen LogP contribution in [-0.2, 0) is 14.3 Å². The van der Waals surface area contributed by atoms with Crippen molar-refractivity contribution >= 4 is 5.97 Å². The van der Waals surface area contributed by atoms with Gasteiger partial charge in [-0.2, -0.15) is 0 Å². The van der Waals surface area contributed by atoms with Gasteiger partial charge in [-0.05, 0) is 12.8 Å². The van der Waals surface area contributed by atoms with Crippen LogP contribution in [0.3, 0.4) is 0 Å². The molecule has 0 aliphatic heterocycles. The third kappa shape index (κ3) is 13.5. The van der Waals surface area contributed by atoms with Gasteiger partial charge in [0.25, 0.3) is 0 Å². The normalized spacial score (nSPS) is 10.6. The molecule has 0 spiro atoms. The van der Waals surface area contributed by atoms with Gasteiger partial charge in [0.1, 0.15) is 6.61 Å². The summed E-state index contributed by atoms with van der Waals surface area (Å²) in [7, 11) is 0. The predicted octanol–water partition coefficient (Wildman–Crippen LogP) is 4.10. The van der Waals surface area contributed by atoms with Crippen molar-refractivity contribution in [1.29, 1.82) is 0 Å². The number of unbranched alkanes of at least 4 members (excludes halogenated alkanes) is 6. The van der Waals surface area contributed by atoms with Crippen molar-refractivity contribution < 1.29 is 14.3 Å². The average molecular weight is 258 g/mol. The molecule has 0 unspecified atom stereocenters. The van der Waals surface area contributed by atoms with Crippen molar-refractivity contribution in [3.05, 3.63) is 0 Å². The molecular formula is C15H30O3. The van der Waals surface area contributed by atoms with Gasteiger partial charge in [0, 0.05) is 13.0 Å². The molecule has 0 rings (SSSR count).